The summed E-state index contributed by atoms with van der Waals surface area (Å²) in [7, 11) is 0. The molecule has 0 atom stereocenters. The van der Waals surface area contributed by atoms with Gasteiger partial charge in [0.1, 0.15) is 24.7 Å². The van der Waals surface area contributed by atoms with Crippen molar-refractivity contribution >= 4 is 5.97 Å². The van der Waals surface area contributed by atoms with Crippen molar-refractivity contribution in [3.05, 3.63) is 35.8 Å². The van der Waals surface area contributed by atoms with E-state index in [1.54, 1.807) is 12.1 Å². The number of carbonyl (C=O) groups is 1. The molecule has 0 saturated carbocycles. The lowest BCUT2D eigenvalue weighted by Crippen LogP contribution is -2.03. The van der Waals surface area contributed by atoms with Crippen LogP contribution in [0.5, 0.6) is 0 Å². The highest BCUT2D eigenvalue weighted by atomic mass is 16.5. The van der Waals surface area contributed by atoms with Gasteiger partial charge in [-0.05, 0) is 44.2 Å². The molecule has 0 aliphatic rings. The van der Waals surface area contributed by atoms with E-state index in [4.69, 9.17) is 14.3 Å². The number of allylic oxidation sites excluding steroid dienone is 2. The summed E-state index contributed by atoms with van der Waals surface area (Å²) in [6, 6.07) is 3.41. The van der Waals surface area contributed by atoms with Crippen LogP contribution in [0.25, 0.3) is 0 Å². The Kier molecular flexibility index (Phi) is 16.2. The smallest absolute Gasteiger partial charge is 0.306 e. The quantitative estimate of drug-likeness (QED) is 0.149. The zero-order valence-electron chi connectivity index (χ0n) is 18.5. The van der Waals surface area contributed by atoms with Crippen molar-refractivity contribution in [1.29, 1.82) is 0 Å². The number of hydrogen-bond donors (Lipinski definition) is 1. The molecule has 1 rings (SSSR count). The Morgan fingerprint density at radius 2 is 1.41 bits per heavy atom. The number of ether oxygens (including phenoxy) is 1. The van der Waals surface area contributed by atoms with Gasteiger partial charge in [-0.3, -0.25) is 4.79 Å². The molecule has 0 aliphatic carbocycles. The molecule has 1 aromatic heterocycles. The fraction of sp³-hybridized carbons (Fsp3) is 0.720. The number of esters is 1. The van der Waals surface area contributed by atoms with Gasteiger partial charge in [0.05, 0.1) is 0 Å². The molecule has 166 valence electrons. The lowest BCUT2D eigenvalue weighted by Gasteiger charge is -2.03. The zero-order valence-corrected chi connectivity index (χ0v) is 18.5. The van der Waals surface area contributed by atoms with E-state index in [1.807, 2.05) is 0 Å². The normalized spacial score (nSPS) is 11.4. The Morgan fingerprint density at radius 3 is 2.00 bits per heavy atom. The molecule has 1 heterocycles. The molecule has 1 aromatic rings. The van der Waals surface area contributed by atoms with Crippen molar-refractivity contribution in [2.75, 3.05) is 0 Å². The third-order valence-electron chi connectivity index (χ3n) is 5.14. The molecule has 0 amide bonds. The number of aliphatic hydroxyl groups excluding tert-OH is 1. The van der Waals surface area contributed by atoms with E-state index in [1.165, 1.54) is 77.0 Å². The second kappa shape index (κ2) is 18.5. The zero-order chi connectivity index (χ0) is 21.0. The maximum Gasteiger partial charge on any atom is 0.306 e. The van der Waals surface area contributed by atoms with E-state index < -0.39 is 0 Å². The van der Waals surface area contributed by atoms with Crippen molar-refractivity contribution in [2.24, 2.45) is 0 Å². The minimum atomic E-state index is -0.180. The molecule has 0 spiro atoms. The Morgan fingerprint density at radius 1 is 0.862 bits per heavy atom. The molecule has 4 heteroatoms. The first-order valence-corrected chi connectivity index (χ1v) is 11.7. The molecular weight excluding hydrogens is 364 g/mol. The second-order valence-electron chi connectivity index (χ2n) is 7.87. The molecular formula is C25H42O4. The maximum atomic E-state index is 11.7. The van der Waals surface area contributed by atoms with Gasteiger partial charge < -0.3 is 14.3 Å². The highest BCUT2D eigenvalue weighted by Gasteiger charge is 2.06. The number of carbonyl (C=O) groups excluding carboxylic acids is 1. The van der Waals surface area contributed by atoms with Crippen LogP contribution in [0.3, 0.4) is 0 Å². The number of aliphatic hydroxyl groups is 1. The minimum Gasteiger partial charge on any atom is -0.460 e. The van der Waals surface area contributed by atoms with Crippen LogP contribution in [0.2, 0.25) is 0 Å². The summed E-state index contributed by atoms with van der Waals surface area (Å²) >= 11 is 0. The minimum absolute atomic E-state index is 0.136. The summed E-state index contributed by atoms with van der Waals surface area (Å²) in [6.45, 7) is 2.27. The van der Waals surface area contributed by atoms with Gasteiger partial charge in [-0.15, -0.1) is 0 Å². The summed E-state index contributed by atoms with van der Waals surface area (Å²) in [5.74, 6) is 0.881. The monoisotopic (exact) mass is 406 g/mol. The second-order valence-corrected chi connectivity index (χ2v) is 7.87. The molecule has 0 aliphatic heterocycles. The van der Waals surface area contributed by atoms with E-state index in [0.717, 1.165) is 12.8 Å². The number of furan rings is 1. The van der Waals surface area contributed by atoms with Crippen LogP contribution in [0.4, 0.5) is 0 Å². The summed E-state index contributed by atoms with van der Waals surface area (Å²) in [5.41, 5.74) is 0. The number of hydrogen-bond acceptors (Lipinski definition) is 4. The van der Waals surface area contributed by atoms with Gasteiger partial charge in [-0.25, -0.2) is 0 Å². The first-order valence-electron chi connectivity index (χ1n) is 11.7. The molecule has 0 fully saturated rings. The van der Waals surface area contributed by atoms with Crippen LogP contribution in [0, 0.1) is 0 Å². The Hall–Kier alpha value is -1.55. The van der Waals surface area contributed by atoms with Crippen LogP contribution in [0.1, 0.15) is 115 Å². The molecule has 29 heavy (non-hydrogen) atoms. The van der Waals surface area contributed by atoms with Gasteiger partial charge in [0, 0.05) is 6.42 Å². The Labute approximate surface area is 177 Å². The van der Waals surface area contributed by atoms with Gasteiger partial charge in [0.2, 0.25) is 0 Å². The van der Waals surface area contributed by atoms with Gasteiger partial charge >= 0.3 is 5.97 Å². The molecule has 0 saturated heterocycles. The van der Waals surface area contributed by atoms with Crippen molar-refractivity contribution in [3.63, 3.8) is 0 Å². The van der Waals surface area contributed by atoms with E-state index in [0.29, 0.717) is 17.9 Å². The molecule has 0 unspecified atom stereocenters. The summed E-state index contributed by atoms with van der Waals surface area (Å²) in [5, 5.41) is 8.93. The topological polar surface area (TPSA) is 59.7 Å². The first kappa shape index (κ1) is 25.5. The van der Waals surface area contributed by atoms with Crippen LogP contribution in [0.15, 0.2) is 28.7 Å². The molecule has 1 N–H and O–H groups in total. The lowest BCUT2D eigenvalue weighted by atomic mass is 10.1. The van der Waals surface area contributed by atoms with Crippen molar-refractivity contribution < 1.29 is 19.1 Å². The molecule has 0 bridgehead atoms. The Bertz CT molecular complexity index is 533. The third kappa shape index (κ3) is 15.0. The molecule has 4 nitrogen and oxygen atoms in total. The average molecular weight is 407 g/mol. The SMILES string of the molecule is CCCCCCCCC/C=C\CCCCCCCC(=O)OCc1ccc(CO)o1. The van der Waals surface area contributed by atoms with Crippen molar-refractivity contribution in [3.8, 4) is 0 Å². The predicted molar refractivity (Wildman–Crippen MR) is 118 cm³/mol. The molecule has 0 radical (unpaired) electrons. The van der Waals surface area contributed by atoms with E-state index >= 15 is 0 Å². The maximum absolute atomic E-state index is 11.7. The number of rotatable bonds is 19. The first-order chi connectivity index (χ1) is 14.3. The lowest BCUT2D eigenvalue weighted by molar-refractivity contribution is -0.145. The van der Waals surface area contributed by atoms with Gasteiger partial charge in [-0.2, -0.15) is 0 Å². The van der Waals surface area contributed by atoms with E-state index in [-0.39, 0.29) is 19.2 Å². The third-order valence-corrected chi connectivity index (χ3v) is 5.14. The van der Waals surface area contributed by atoms with Crippen molar-refractivity contribution in [1.82, 2.24) is 0 Å². The van der Waals surface area contributed by atoms with Gasteiger partial charge in [-0.1, -0.05) is 76.9 Å². The Balaban J connectivity index is 1.82. The molecule has 0 aromatic carbocycles. The van der Waals surface area contributed by atoms with E-state index in [9.17, 15) is 4.79 Å². The summed E-state index contributed by atoms with van der Waals surface area (Å²) in [6.07, 6.45) is 22.8. The largest absolute Gasteiger partial charge is 0.460 e. The summed E-state index contributed by atoms with van der Waals surface area (Å²) in [4.78, 5) is 11.7. The highest BCUT2D eigenvalue weighted by Crippen LogP contribution is 2.12. The van der Waals surface area contributed by atoms with Gasteiger partial charge in [0.25, 0.3) is 0 Å². The van der Waals surface area contributed by atoms with Crippen LogP contribution >= 0.6 is 0 Å². The standard InChI is InChI=1S/C25H42O4/c1-2-3-4-5-6-7-8-9-10-11-12-13-14-15-16-17-18-25(27)28-22-24-20-19-23(21-26)29-24/h10-11,19-20,26H,2-9,12-18,21-22H2,1H3/b11-10-. The summed E-state index contributed by atoms with van der Waals surface area (Å²) < 4.78 is 10.5. The fourth-order valence-electron chi connectivity index (χ4n) is 3.33. The van der Waals surface area contributed by atoms with Gasteiger partial charge in [0.15, 0.2) is 0 Å². The highest BCUT2D eigenvalue weighted by molar-refractivity contribution is 5.69. The predicted octanol–water partition coefficient (Wildman–Crippen LogP) is 7.24. The van der Waals surface area contributed by atoms with Crippen molar-refractivity contribution in [2.45, 2.75) is 116 Å². The van der Waals surface area contributed by atoms with Crippen LogP contribution in [-0.4, -0.2) is 11.1 Å². The van der Waals surface area contributed by atoms with Crippen LogP contribution < -0.4 is 0 Å². The average Bonchev–Trinajstić information content (AvgIpc) is 3.20. The number of unbranched alkanes of at least 4 members (excludes halogenated alkanes) is 12. The van der Waals surface area contributed by atoms with E-state index in [2.05, 4.69) is 19.1 Å². The van der Waals surface area contributed by atoms with Crippen LogP contribution in [-0.2, 0) is 22.7 Å². The fourth-order valence-corrected chi connectivity index (χ4v) is 3.33.